The van der Waals surface area contributed by atoms with Crippen LogP contribution >= 0.6 is 12.2 Å². The Balaban J connectivity index is 1.90. The maximum atomic E-state index is 5.81. The van der Waals surface area contributed by atoms with Crippen LogP contribution in [0.1, 0.15) is 18.4 Å². The third-order valence-electron chi connectivity index (χ3n) is 3.51. The predicted octanol–water partition coefficient (Wildman–Crippen LogP) is 2.46. The normalized spacial score (nSPS) is 18.3. The Bertz CT molecular complexity index is 638. The Labute approximate surface area is 123 Å². The lowest BCUT2D eigenvalue weighted by Crippen LogP contribution is -2.21. The predicted molar refractivity (Wildman–Crippen MR) is 85.1 cm³/mol. The van der Waals surface area contributed by atoms with Crippen LogP contribution in [0.5, 0.6) is 0 Å². The first-order valence-corrected chi connectivity index (χ1v) is 7.20. The van der Waals surface area contributed by atoms with E-state index in [4.69, 9.17) is 22.7 Å². The monoisotopic (exact) mass is 287 g/mol. The van der Waals surface area contributed by atoms with E-state index in [0.717, 1.165) is 48.3 Å². The van der Waals surface area contributed by atoms with Gasteiger partial charge < -0.3 is 15.8 Å². The molecule has 1 aromatic heterocycles. The number of hydrogen-bond donors (Lipinski definition) is 2. The zero-order chi connectivity index (χ0) is 13.9. The molecule has 1 saturated heterocycles. The highest BCUT2D eigenvalue weighted by Crippen LogP contribution is 2.21. The van der Waals surface area contributed by atoms with Gasteiger partial charge in [0.25, 0.3) is 0 Å². The van der Waals surface area contributed by atoms with E-state index in [0.29, 0.717) is 4.99 Å². The number of nitrogens with two attached hydrogens (primary N) is 1. The molecule has 3 N–H and O–H groups in total. The van der Waals surface area contributed by atoms with Crippen molar-refractivity contribution in [2.75, 3.05) is 18.5 Å². The number of fused-ring (bicyclic) bond motifs is 1. The average molecular weight is 287 g/mol. The van der Waals surface area contributed by atoms with Crippen molar-refractivity contribution in [3.8, 4) is 0 Å². The minimum atomic E-state index is 0.252. The maximum Gasteiger partial charge on any atom is 0.137 e. The lowest BCUT2D eigenvalue weighted by atomic mass is 10.1. The fraction of sp³-hybridized carbons (Fsp3) is 0.333. The van der Waals surface area contributed by atoms with E-state index in [2.05, 4.69) is 10.3 Å². The molecule has 0 saturated carbocycles. The molecule has 1 fully saturated rings. The molecule has 5 heteroatoms. The number of para-hydroxylation sites is 1. The van der Waals surface area contributed by atoms with E-state index in [-0.39, 0.29) is 6.10 Å². The van der Waals surface area contributed by atoms with Crippen molar-refractivity contribution in [3.05, 3.63) is 35.9 Å². The van der Waals surface area contributed by atoms with E-state index in [9.17, 15) is 0 Å². The average Bonchev–Trinajstić information content (AvgIpc) is 2.97. The second kappa shape index (κ2) is 5.73. The number of rotatable bonds is 4. The van der Waals surface area contributed by atoms with Crippen molar-refractivity contribution < 1.29 is 4.74 Å². The Hall–Kier alpha value is -1.72. The Morgan fingerprint density at radius 2 is 2.30 bits per heavy atom. The number of benzene rings is 1. The maximum absolute atomic E-state index is 5.81. The van der Waals surface area contributed by atoms with Gasteiger partial charge in [-0.15, -0.1) is 0 Å². The van der Waals surface area contributed by atoms with Crippen LogP contribution in [0, 0.1) is 0 Å². The van der Waals surface area contributed by atoms with Gasteiger partial charge in [0.05, 0.1) is 17.2 Å². The van der Waals surface area contributed by atoms with Crippen LogP contribution in [-0.2, 0) is 4.74 Å². The third-order valence-corrected chi connectivity index (χ3v) is 3.73. The van der Waals surface area contributed by atoms with Gasteiger partial charge in [0.1, 0.15) is 10.8 Å². The molecule has 104 valence electrons. The molecule has 2 heterocycles. The number of nitrogens with zero attached hydrogens (tertiary/aromatic N) is 1. The van der Waals surface area contributed by atoms with Gasteiger partial charge >= 0.3 is 0 Å². The van der Waals surface area contributed by atoms with E-state index >= 15 is 0 Å². The standard InChI is InChI=1S/C15H17N3OS/c16-14(20)12-8-10-4-1-2-6-13(10)18-15(12)17-9-11-5-3-7-19-11/h1-2,4,6,8,11H,3,5,7,9H2,(H2,16,20)(H,17,18). The Morgan fingerprint density at radius 1 is 1.45 bits per heavy atom. The van der Waals surface area contributed by atoms with Crippen molar-refractivity contribution in [2.24, 2.45) is 5.73 Å². The number of pyridine rings is 1. The summed E-state index contributed by atoms with van der Waals surface area (Å²) in [5.74, 6) is 0.742. The number of thiocarbonyl (C=S) groups is 1. The molecule has 1 aliphatic rings. The molecule has 0 spiro atoms. The van der Waals surface area contributed by atoms with Crippen molar-refractivity contribution >= 4 is 33.9 Å². The molecule has 1 aliphatic heterocycles. The second-order valence-electron chi connectivity index (χ2n) is 4.96. The van der Waals surface area contributed by atoms with Crippen LogP contribution in [0.25, 0.3) is 10.9 Å². The lowest BCUT2D eigenvalue weighted by molar-refractivity contribution is 0.120. The number of hydrogen-bond acceptors (Lipinski definition) is 4. The van der Waals surface area contributed by atoms with Crippen LogP contribution in [-0.4, -0.2) is 29.2 Å². The molecular weight excluding hydrogens is 270 g/mol. The van der Waals surface area contributed by atoms with E-state index in [1.165, 1.54) is 0 Å². The number of nitrogens with one attached hydrogen (secondary N) is 1. The molecule has 1 aromatic carbocycles. The first kappa shape index (κ1) is 13.3. The van der Waals surface area contributed by atoms with Crippen LogP contribution in [0.2, 0.25) is 0 Å². The first-order valence-electron chi connectivity index (χ1n) is 6.79. The number of aromatic nitrogens is 1. The Kier molecular flexibility index (Phi) is 3.80. The fourth-order valence-corrected chi connectivity index (χ4v) is 2.61. The highest BCUT2D eigenvalue weighted by Gasteiger charge is 2.16. The molecule has 4 nitrogen and oxygen atoms in total. The molecular formula is C15H17N3OS. The molecule has 20 heavy (non-hydrogen) atoms. The summed E-state index contributed by atoms with van der Waals surface area (Å²) in [6.45, 7) is 1.58. The summed E-state index contributed by atoms with van der Waals surface area (Å²) in [6.07, 6.45) is 2.46. The minimum Gasteiger partial charge on any atom is -0.389 e. The van der Waals surface area contributed by atoms with Crippen molar-refractivity contribution in [1.29, 1.82) is 0 Å². The first-order chi connectivity index (χ1) is 9.74. The largest absolute Gasteiger partial charge is 0.389 e. The second-order valence-corrected chi connectivity index (χ2v) is 5.40. The van der Waals surface area contributed by atoms with E-state index in [1.807, 2.05) is 30.3 Å². The minimum absolute atomic E-state index is 0.252. The van der Waals surface area contributed by atoms with Crippen LogP contribution in [0.15, 0.2) is 30.3 Å². The van der Waals surface area contributed by atoms with Gasteiger partial charge in [-0.25, -0.2) is 4.98 Å². The highest BCUT2D eigenvalue weighted by molar-refractivity contribution is 7.80. The Morgan fingerprint density at radius 3 is 3.05 bits per heavy atom. The van der Waals surface area contributed by atoms with E-state index in [1.54, 1.807) is 0 Å². The summed E-state index contributed by atoms with van der Waals surface area (Å²) in [4.78, 5) is 4.98. The van der Waals surface area contributed by atoms with Gasteiger partial charge in [0.15, 0.2) is 0 Å². The lowest BCUT2D eigenvalue weighted by Gasteiger charge is -2.14. The molecule has 0 bridgehead atoms. The molecule has 0 aliphatic carbocycles. The summed E-state index contributed by atoms with van der Waals surface area (Å²) in [7, 11) is 0. The summed E-state index contributed by atoms with van der Waals surface area (Å²) in [5.41, 5.74) is 7.53. The molecule has 0 radical (unpaired) electrons. The molecule has 2 aromatic rings. The van der Waals surface area contributed by atoms with E-state index < -0.39 is 0 Å². The van der Waals surface area contributed by atoms with Crippen LogP contribution in [0.4, 0.5) is 5.82 Å². The van der Waals surface area contributed by atoms with Gasteiger partial charge in [0.2, 0.25) is 0 Å². The van der Waals surface area contributed by atoms with Crippen molar-refractivity contribution in [3.63, 3.8) is 0 Å². The third kappa shape index (κ3) is 2.73. The van der Waals surface area contributed by atoms with Crippen LogP contribution < -0.4 is 11.1 Å². The zero-order valence-electron chi connectivity index (χ0n) is 11.1. The van der Waals surface area contributed by atoms with Gasteiger partial charge in [0, 0.05) is 18.5 Å². The molecule has 0 amide bonds. The molecule has 1 atom stereocenters. The summed E-state index contributed by atoms with van der Waals surface area (Å²) in [5, 5.41) is 4.36. The summed E-state index contributed by atoms with van der Waals surface area (Å²) in [6, 6.07) is 9.93. The van der Waals surface area contributed by atoms with Crippen molar-refractivity contribution in [1.82, 2.24) is 4.98 Å². The summed E-state index contributed by atoms with van der Waals surface area (Å²) < 4.78 is 5.61. The van der Waals surface area contributed by atoms with Gasteiger partial charge in [-0.05, 0) is 25.0 Å². The molecule has 3 rings (SSSR count). The zero-order valence-corrected chi connectivity index (χ0v) is 12.0. The highest BCUT2D eigenvalue weighted by atomic mass is 32.1. The van der Waals surface area contributed by atoms with Crippen molar-refractivity contribution in [2.45, 2.75) is 18.9 Å². The number of anilines is 1. The smallest absolute Gasteiger partial charge is 0.137 e. The SMILES string of the molecule is NC(=S)c1cc2ccccc2nc1NCC1CCCO1. The molecule has 1 unspecified atom stereocenters. The quantitative estimate of drug-likeness (QED) is 0.846. The summed E-state index contributed by atoms with van der Waals surface area (Å²) >= 11 is 5.13. The van der Waals surface area contributed by atoms with Gasteiger partial charge in [-0.1, -0.05) is 30.4 Å². The fourth-order valence-electron chi connectivity index (χ4n) is 2.45. The van der Waals surface area contributed by atoms with Gasteiger partial charge in [-0.3, -0.25) is 0 Å². The van der Waals surface area contributed by atoms with Gasteiger partial charge in [-0.2, -0.15) is 0 Å². The van der Waals surface area contributed by atoms with Crippen LogP contribution in [0.3, 0.4) is 0 Å². The topological polar surface area (TPSA) is 60.2 Å². The number of ether oxygens (including phenoxy) is 1.